The van der Waals surface area contributed by atoms with Crippen LogP contribution in [0.3, 0.4) is 0 Å². The lowest BCUT2D eigenvalue weighted by Gasteiger charge is -1.99. The molecular formula is C9H6Cl2N2S2. The van der Waals surface area contributed by atoms with E-state index in [0.717, 1.165) is 21.4 Å². The van der Waals surface area contributed by atoms with Crippen molar-refractivity contribution < 1.29 is 0 Å². The van der Waals surface area contributed by atoms with E-state index in [2.05, 4.69) is 9.59 Å². The third-order valence-electron chi connectivity index (χ3n) is 1.68. The summed E-state index contributed by atoms with van der Waals surface area (Å²) in [7, 11) is 0. The Balaban J connectivity index is 2.02. The zero-order chi connectivity index (χ0) is 10.7. The number of thioether (sulfide) groups is 1. The molecule has 0 aliphatic rings. The van der Waals surface area contributed by atoms with Crippen LogP contribution in [0.4, 0.5) is 0 Å². The Morgan fingerprint density at radius 2 is 2.20 bits per heavy atom. The van der Waals surface area contributed by atoms with Crippen LogP contribution in [0.5, 0.6) is 0 Å². The summed E-state index contributed by atoms with van der Waals surface area (Å²) in [4.78, 5) is 1.10. The molecule has 2 aromatic rings. The molecule has 0 spiro atoms. The molecule has 6 heteroatoms. The van der Waals surface area contributed by atoms with Crippen molar-refractivity contribution >= 4 is 46.5 Å². The van der Waals surface area contributed by atoms with E-state index in [1.807, 2.05) is 24.3 Å². The molecule has 1 aromatic heterocycles. The van der Waals surface area contributed by atoms with Gasteiger partial charge >= 0.3 is 0 Å². The molecule has 78 valence electrons. The van der Waals surface area contributed by atoms with Crippen molar-refractivity contribution in [1.29, 1.82) is 0 Å². The molecule has 0 amide bonds. The van der Waals surface area contributed by atoms with Gasteiger partial charge in [-0.05, 0) is 18.2 Å². The van der Waals surface area contributed by atoms with E-state index in [1.54, 1.807) is 11.8 Å². The molecular weight excluding hydrogens is 271 g/mol. The lowest BCUT2D eigenvalue weighted by Crippen LogP contribution is -1.81. The minimum Gasteiger partial charge on any atom is -0.141 e. The molecule has 2 rings (SSSR count). The van der Waals surface area contributed by atoms with Gasteiger partial charge in [0, 0.05) is 27.2 Å². The fraction of sp³-hybridized carbons (Fsp3) is 0.111. The summed E-state index contributed by atoms with van der Waals surface area (Å²) < 4.78 is 4.43. The minimum atomic E-state index is 0.657. The summed E-state index contributed by atoms with van der Waals surface area (Å²) in [6.45, 7) is 0. The zero-order valence-corrected chi connectivity index (χ0v) is 10.6. The first-order valence-electron chi connectivity index (χ1n) is 4.11. The second-order valence-corrected chi connectivity index (χ2v) is 5.58. The van der Waals surface area contributed by atoms with Gasteiger partial charge in [0.15, 0.2) is 0 Å². The molecule has 0 aliphatic heterocycles. The summed E-state index contributed by atoms with van der Waals surface area (Å²) >= 11 is 14.6. The maximum absolute atomic E-state index is 5.89. The Labute approximate surface area is 106 Å². The molecule has 0 atom stereocenters. The number of nitrogens with zero attached hydrogens (tertiary/aromatic N) is 2. The average molecular weight is 277 g/mol. The van der Waals surface area contributed by atoms with Gasteiger partial charge in [-0.2, -0.15) is 0 Å². The van der Waals surface area contributed by atoms with E-state index < -0.39 is 0 Å². The molecule has 0 radical (unpaired) electrons. The standard InChI is InChI=1S/C9H6Cl2N2S2/c10-6-2-1-3-7(4-6)14-5-8-9(11)15-13-12-8/h1-4H,5H2. The Morgan fingerprint density at radius 1 is 1.33 bits per heavy atom. The van der Waals surface area contributed by atoms with Gasteiger partial charge in [-0.1, -0.05) is 33.8 Å². The normalized spacial score (nSPS) is 10.5. The van der Waals surface area contributed by atoms with Gasteiger partial charge in [-0.15, -0.1) is 16.9 Å². The SMILES string of the molecule is Clc1cccc(SCc2nnsc2Cl)c1. The van der Waals surface area contributed by atoms with Crippen LogP contribution in [-0.2, 0) is 5.75 Å². The Kier molecular flexibility index (Phi) is 3.86. The third-order valence-corrected chi connectivity index (χ3v) is 3.91. The van der Waals surface area contributed by atoms with Crippen LogP contribution in [0.2, 0.25) is 9.36 Å². The zero-order valence-electron chi connectivity index (χ0n) is 7.48. The van der Waals surface area contributed by atoms with Gasteiger partial charge in [0.1, 0.15) is 10.0 Å². The molecule has 15 heavy (non-hydrogen) atoms. The van der Waals surface area contributed by atoms with Crippen molar-refractivity contribution in [1.82, 2.24) is 9.59 Å². The number of rotatable bonds is 3. The maximum atomic E-state index is 5.89. The van der Waals surface area contributed by atoms with Crippen molar-refractivity contribution in [3.8, 4) is 0 Å². The first-order chi connectivity index (χ1) is 7.25. The number of hydrogen-bond acceptors (Lipinski definition) is 4. The Bertz CT molecular complexity index is 459. The number of aromatic nitrogens is 2. The monoisotopic (exact) mass is 276 g/mol. The first-order valence-corrected chi connectivity index (χ1v) is 6.62. The van der Waals surface area contributed by atoms with Gasteiger partial charge in [0.05, 0.1) is 0 Å². The Morgan fingerprint density at radius 3 is 2.87 bits per heavy atom. The van der Waals surface area contributed by atoms with Crippen LogP contribution in [0.1, 0.15) is 5.69 Å². The van der Waals surface area contributed by atoms with Crippen molar-refractivity contribution in [2.75, 3.05) is 0 Å². The van der Waals surface area contributed by atoms with Gasteiger partial charge in [0.2, 0.25) is 0 Å². The van der Waals surface area contributed by atoms with E-state index in [9.17, 15) is 0 Å². The topological polar surface area (TPSA) is 25.8 Å². The van der Waals surface area contributed by atoms with Crippen LogP contribution >= 0.6 is 46.5 Å². The smallest absolute Gasteiger partial charge is 0.138 e. The number of halogens is 2. The fourth-order valence-electron chi connectivity index (χ4n) is 0.992. The lowest BCUT2D eigenvalue weighted by molar-refractivity contribution is 1.07. The van der Waals surface area contributed by atoms with Gasteiger partial charge < -0.3 is 0 Å². The van der Waals surface area contributed by atoms with E-state index in [-0.39, 0.29) is 0 Å². The quantitative estimate of drug-likeness (QED) is 0.789. The maximum Gasteiger partial charge on any atom is 0.138 e. The predicted octanol–water partition coefficient (Wildman–Crippen LogP) is 4.14. The van der Waals surface area contributed by atoms with E-state index in [1.165, 1.54) is 11.5 Å². The molecule has 0 aliphatic carbocycles. The largest absolute Gasteiger partial charge is 0.141 e. The van der Waals surface area contributed by atoms with Crippen molar-refractivity contribution in [3.05, 3.63) is 39.3 Å². The summed E-state index contributed by atoms with van der Waals surface area (Å²) in [5.74, 6) is 0.718. The molecule has 2 nitrogen and oxygen atoms in total. The van der Waals surface area contributed by atoms with Crippen molar-refractivity contribution in [3.63, 3.8) is 0 Å². The molecule has 0 bridgehead atoms. The second-order valence-electron chi connectivity index (χ2n) is 2.74. The third kappa shape index (κ3) is 3.08. The highest BCUT2D eigenvalue weighted by atomic mass is 35.5. The Hall–Kier alpha value is -0.290. The second kappa shape index (κ2) is 5.16. The fourth-order valence-corrected chi connectivity index (χ4v) is 2.93. The molecule has 0 saturated carbocycles. The highest BCUT2D eigenvalue weighted by Gasteiger charge is 2.05. The van der Waals surface area contributed by atoms with Crippen molar-refractivity contribution in [2.24, 2.45) is 0 Å². The van der Waals surface area contributed by atoms with Crippen LogP contribution in [0.15, 0.2) is 29.2 Å². The van der Waals surface area contributed by atoms with Crippen LogP contribution in [0.25, 0.3) is 0 Å². The summed E-state index contributed by atoms with van der Waals surface area (Å²) in [5, 5.41) is 4.67. The lowest BCUT2D eigenvalue weighted by atomic mass is 10.4. The van der Waals surface area contributed by atoms with Gasteiger partial charge in [-0.25, -0.2) is 0 Å². The summed E-state index contributed by atoms with van der Waals surface area (Å²) in [5.41, 5.74) is 0.826. The molecule has 1 aromatic carbocycles. The van der Waals surface area contributed by atoms with E-state index in [0.29, 0.717) is 4.34 Å². The van der Waals surface area contributed by atoms with Crippen molar-refractivity contribution in [2.45, 2.75) is 10.6 Å². The van der Waals surface area contributed by atoms with Crippen LogP contribution in [-0.4, -0.2) is 9.59 Å². The predicted molar refractivity (Wildman–Crippen MR) is 65.9 cm³/mol. The minimum absolute atomic E-state index is 0.657. The summed E-state index contributed by atoms with van der Waals surface area (Å²) in [6, 6.07) is 7.69. The molecule has 0 saturated heterocycles. The van der Waals surface area contributed by atoms with Crippen LogP contribution in [0, 0.1) is 0 Å². The number of hydrogen-bond donors (Lipinski definition) is 0. The van der Waals surface area contributed by atoms with Gasteiger partial charge in [-0.3, -0.25) is 0 Å². The van der Waals surface area contributed by atoms with Crippen LogP contribution < -0.4 is 0 Å². The van der Waals surface area contributed by atoms with Gasteiger partial charge in [0.25, 0.3) is 0 Å². The highest BCUT2D eigenvalue weighted by molar-refractivity contribution is 7.98. The number of benzene rings is 1. The highest BCUT2D eigenvalue weighted by Crippen LogP contribution is 2.28. The van der Waals surface area contributed by atoms with E-state index >= 15 is 0 Å². The molecule has 0 unspecified atom stereocenters. The molecule has 0 N–H and O–H groups in total. The van der Waals surface area contributed by atoms with E-state index in [4.69, 9.17) is 23.2 Å². The first kappa shape index (κ1) is 11.2. The molecule has 0 fully saturated rings. The summed E-state index contributed by atoms with van der Waals surface area (Å²) in [6.07, 6.45) is 0. The average Bonchev–Trinajstić information content (AvgIpc) is 2.61. The molecule has 1 heterocycles.